The zero-order valence-corrected chi connectivity index (χ0v) is 14.3. The van der Waals surface area contributed by atoms with Crippen LogP contribution >= 0.6 is 39.1 Å². The van der Waals surface area contributed by atoms with Crippen molar-refractivity contribution in [3.8, 4) is 0 Å². The largest absolute Gasteiger partial charge is 0.459 e. The van der Waals surface area contributed by atoms with Crippen LogP contribution in [0.5, 0.6) is 0 Å². The molecule has 0 aliphatic heterocycles. The van der Waals surface area contributed by atoms with E-state index in [1.54, 1.807) is 12.1 Å². The van der Waals surface area contributed by atoms with E-state index in [0.29, 0.717) is 15.8 Å². The number of fused-ring (bicyclic) bond motifs is 1. The van der Waals surface area contributed by atoms with Gasteiger partial charge in [0.1, 0.15) is 11.3 Å². The highest BCUT2D eigenvalue weighted by Gasteiger charge is 2.20. The minimum Gasteiger partial charge on any atom is -0.459 e. The summed E-state index contributed by atoms with van der Waals surface area (Å²) in [6.45, 7) is 2.00. The number of nitrogens with two attached hydrogens (primary N) is 1. The van der Waals surface area contributed by atoms with Crippen LogP contribution in [0.2, 0.25) is 10.0 Å². The van der Waals surface area contributed by atoms with Crippen LogP contribution in [0.4, 0.5) is 0 Å². The fourth-order valence-electron chi connectivity index (χ4n) is 2.40. The van der Waals surface area contributed by atoms with Crippen molar-refractivity contribution in [2.75, 3.05) is 0 Å². The molecule has 3 aromatic rings. The molecule has 5 heteroatoms. The van der Waals surface area contributed by atoms with Gasteiger partial charge in [-0.3, -0.25) is 0 Å². The van der Waals surface area contributed by atoms with E-state index < -0.39 is 6.04 Å². The van der Waals surface area contributed by atoms with Gasteiger partial charge in [-0.25, -0.2) is 0 Å². The zero-order chi connectivity index (χ0) is 15.1. The number of halogens is 3. The van der Waals surface area contributed by atoms with Gasteiger partial charge in [0.2, 0.25) is 0 Å². The molecule has 1 heterocycles. The summed E-state index contributed by atoms with van der Waals surface area (Å²) in [7, 11) is 0. The third kappa shape index (κ3) is 2.71. The number of benzene rings is 2. The molecule has 0 bridgehead atoms. The number of furan rings is 1. The van der Waals surface area contributed by atoms with E-state index in [1.165, 1.54) is 0 Å². The summed E-state index contributed by atoms with van der Waals surface area (Å²) < 4.78 is 6.92. The molecule has 0 saturated carbocycles. The van der Waals surface area contributed by atoms with Crippen LogP contribution in [0.15, 0.2) is 45.3 Å². The van der Waals surface area contributed by atoms with Gasteiger partial charge < -0.3 is 10.2 Å². The van der Waals surface area contributed by atoms with Crippen LogP contribution in [0, 0.1) is 6.92 Å². The van der Waals surface area contributed by atoms with Gasteiger partial charge in [0, 0.05) is 25.5 Å². The molecule has 0 spiro atoms. The maximum atomic E-state index is 6.34. The van der Waals surface area contributed by atoms with Gasteiger partial charge in [-0.15, -0.1) is 0 Å². The lowest BCUT2D eigenvalue weighted by atomic mass is 10.0. The zero-order valence-electron chi connectivity index (χ0n) is 11.2. The first-order valence-electron chi connectivity index (χ1n) is 6.36. The number of hydrogen-bond acceptors (Lipinski definition) is 2. The van der Waals surface area contributed by atoms with E-state index in [0.717, 1.165) is 26.6 Å². The SMILES string of the molecule is Cc1c(C(N)c2ccc(Cl)cc2Cl)oc2ccc(Br)cc12. The molecule has 1 aromatic heterocycles. The highest BCUT2D eigenvalue weighted by Crippen LogP contribution is 2.35. The Morgan fingerprint density at radius 2 is 1.90 bits per heavy atom. The summed E-state index contributed by atoms with van der Waals surface area (Å²) in [6.07, 6.45) is 0. The van der Waals surface area contributed by atoms with E-state index in [-0.39, 0.29) is 0 Å². The van der Waals surface area contributed by atoms with Crippen molar-refractivity contribution in [1.82, 2.24) is 0 Å². The van der Waals surface area contributed by atoms with E-state index in [1.807, 2.05) is 31.2 Å². The summed E-state index contributed by atoms with van der Waals surface area (Å²) in [6, 6.07) is 10.7. The maximum absolute atomic E-state index is 6.34. The standard InChI is InChI=1S/C16H12BrCl2NO/c1-8-12-6-9(17)2-5-14(12)21-16(8)15(20)11-4-3-10(18)7-13(11)19/h2-7,15H,20H2,1H3. The van der Waals surface area contributed by atoms with Crippen LogP contribution in [-0.2, 0) is 0 Å². The molecule has 21 heavy (non-hydrogen) atoms. The number of aryl methyl sites for hydroxylation is 1. The highest BCUT2D eigenvalue weighted by atomic mass is 79.9. The second-order valence-electron chi connectivity index (χ2n) is 4.88. The van der Waals surface area contributed by atoms with Crippen LogP contribution in [-0.4, -0.2) is 0 Å². The maximum Gasteiger partial charge on any atom is 0.134 e. The third-order valence-corrected chi connectivity index (χ3v) is 4.57. The second kappa shape index (κ2) is 5.65. The van der Waals surface area contributed by atoms with Crippen molar-refractivity contribution >= 4 is 50.1 Å². The van der Waals surface area contributed by atoms with E-state index in [4.69, 9.17) is 33.4 Å². The Kier molecular flexibility index (Phi) is 4.02. The third-order valence-electron chi connectivity index (χ3n) is 3.52. The van der Waals surface area contributed by atoms with Gasteiger partial charge in [0.15, 0.2) is 0 Å². The van der Waals surface area contributed by atoms with E-state index in [2.05, 4.69) is 15.9 Å². The molecule has 0 amide bonds. The fourth-order valence-corrected chi connectivity index (χ4v) is 3.29. The minimum atomic E-state index is -0.430. The molecule has 0 aliphatic rings. The van der Waals surface area contributed by atoms with E-state index >= 15 is 0 Å². The number of rotatable bonds is 2. The first-order valence-corrected chi connectivity index (χ1v) is 7.91. The minimum absolute atomic E-state index is 0.430. The van der Waals surface area contributed by atoms with Crippen molar-refractivity contribution in [3.05, 3.63) is 67.8 Å². The molecular formula is C16H12BrCl2NO. The van der Waals surface area contributed by atoms with Gasteiger partial charge in [-0.05, 0) is 42.8 Å². The van der Waals surface area contributed by atoms with Crippen LogP contribution < -0.4 is 5.73 Å². The molecule has 0 aliphatic carbocycles. The fraction of sp³-hybridized carbons (Fsp3) is 0.125. The van der Waals surface area contributed by atoms with Crippen LogP contribution in [0.25, 0.3) is 11.0 Å². The van der Waals surface area contributed by atoms with Crippen molar-refractivity contribution in [3.63, 3.8) is 0 Å². The molecule has 2 N–H and O–H groups in total. The Hall–Kier alpha value is -1.000. The predicted octanol–water partition coefficient (Wildman–Crippen LogP) is 5.86. The van der Waals surface area contributed by atoms with Crippen molar-refractivity contribution in [2.45, 2.75) is 13.0 Å². The topological polar surface area (TPSA) is 39.2 Å². The molecule has 1 atom stereocenters. The molecule has 1 unspecified atom stereocenters. The molecule has 3 rings (SSSR count). The van der Waals surface area contributed by atoms with Gasteiger partial charge in [0.05, 0.1) is 6.04 Å². The van der Waals surface area contributed by atoms with Gasteiger partial charge in [-0.1, -0.05) is 45.2 Å². The first-order chi connectivity index (χ1) is 9.97. The van der Waals surface area contributed by atoms with Crippen molar-refractivity contribution in [2.24, 2.45) is 5.73 Å². The van der Waals surface area contributed by atoms with E-state index in [9.17, 15) is 0 Å². The molecule has 2 aromatic carbocycles. The Balaban J connectivity index is 2.13. The Bertz CT molecular complexity index is 829. The normalized spacial score (nSPS) is 12.8. The van der Waals surface area contributed by atoms with Crippen LogP contribution in [0.1, 0.15) is 22.9 Å². The number of hydrogen-bond donors (Lipinski definition) is 1. The Morgan fingerprint density at radius 3 is 2.62 bits per heavy atom. The molecule has 0 radical (unpaired) electrons. The quantitative estimate of drug-likeness (QED) is 0.601. The monoisotopic (exact) mass is 383 g/mol. The molecule has 108 valence electrons. The van der Waals surface area contributed by atoms with Gasteiger partial charge in [-0.2, -0.15) is 0 Å². The second-order valence-corrected chi connectivity index (χ2v) is 6.63. The smallest absolute Gasteiger partial charge is 0.134 e. The summed E-state index contributed by atoms with van der Waals surface area (Å²) in [5.74, 6) is 0.715. The summed E-state index contributed by atoms with van der Waals surface area (Å²) in [5.41, 5.74) is 8.96. The summed E-state index contributed by atoms with van der Waals surface area (Å²) in [5, 5.41) is 2.16. The molecule has 0 saturated heterocycles. The van der Waals surface area contributed by atoms with Crippen molar-refractivity contribution < 1.29 is 4.42 Å². The first kappa shape index (κ1) is 14.9. The average Bonchev–Trinajstić information content (AvgIpc) is 2.75. The molecular weight excluding hydrogens is 373 g/mol. The predicted molar refractivity (Wildman–Crippen MR) is 91.1 cm³/mol. The molecule has 0 fully saturated rings. The Labute approximate surface area is 141 Å². The lowest BCUT2D eigenvalue weighted by molar-refractivity contribution is 0.521. The highest BCUT2D eigenvalue weighted by molar-refractivity contribution is 9.10. The lowest BCUT2D eigenvalue weighted by Gasteiger charge is -2.12. The summed E-state index contributed by atoms with van der Waals surface area (Å²) in [4.78, 5) is 0. The van der Waals surface area contributed by atoms with Crippen LogP contribution in [0.3, 0.4) is 0 Å². The Morgan fingerprint density at radius 1 is 1.14 bits per heavy atom. The average molecular weight is 385 g/mol. The van der Waals surface area contributed by atoms with Gasteiger partial charge >= 0.3 is 0 Å². The summed E-state index contributed by atoms with van der Waals surface area (Å²) >= 11 is 15.6. The molecule has 2 nitrogen and oxygen atoms in total. The van der Waals surface area contributed by atoms with Crippen molar-refractivity contribution in [1.29, 1.82) is 0 Å². The van der Waals surface area contributed by atoms with Gasteiger partial charge in [0.25, 0.3) is 0 Å². The lowest BCUT2D eigenvalue weighted by Crippen LogP contribution is -2.12.